The molecule has 17 heavy (non-hydrogen) atoms. The molecule has 0 spiro atoms. The minimum Gasteiger partial charge on any atom is -0.375 e. The summed E-state index contributed by atoms with van der Waals surface area (Å²) in [6.07, 6.45) is 1.19. The first-order valence-corrected chi connectivity index (χ1v) is 6.41. The summed E-state index contributed by atoms with van der Waals surface area (Å²) in [7, 11) is 0. The molecule has 0 radical (unpaired) electrons. The van der Waals surface area contributed by atoms with E-state index in [-0.39, 0.29) is 6.10 Å². The quantitative estimate of drug-likeness (QED) is 0.639. The summed E-state index contributed by atoms with van der Waals surface area (Å²) in [5, 5.41) is 10.1. The lowest BCUT2D eigenvalue weighted by molar-refractivity contribution is -0.140. The predicted octanol–water partition coefficient (Wildman–Crippen LogP) is 2.17. The van der Waals surface area contributed by atoms with Crippen LogP contribution < -0.4 is 0 Å². The molecule has 1 heterocycles. The zero-order chi connectivity index (χ0) is 12.1. The Morgan fingerprint density at radius 1 is 1.35 bits per heavy atom. The van der Waals surface area contributed by atoms with Crippen LogP contribution in [0.2, 0.25) is 0 Å². The molecule has 94 valence electrons. The molecule has 0 aliphatic carbocycles. The third-order valence-corrected chi connectivity index (χ3v) is 3.28. The van der Waals surface area contributed by atoms with Gasteiger partial charge >= 0.3 is 0 Å². The fourth-order valence-electron chi connectivity index (χ4n) is 1.84. The molecule has 1 aliphatic rings. The summed E-state index contributed by atoms with van der Waals surface area (Å²) in [4.78, 5) is 0. The van der Waals surface area contributed by atoms with Crippen molar-refractivity contribution in [3.63, 3.8) is 0 Å². The molecule has 1 saturated heterocycles. The van der Waals surface area contributed by atoms with Crippen molar-refractivity contribution in [1.82, 2.24) is 0 Å². The van der Waals surface area contributed by atoms with E-state index in [1.807, 2.05) is 30.3 Å². The van der Waals surface area contributed by atoms with Crippen molar-refractivity contribution in [3.05, 3.63) is 35.9 Å². The van der Waals surface area contributed by atoms with Crippen molar-refractivity contribution >= 4 is 12.6 Å². The second kappa shape index (κ2) is 6.40. The number of ether oxygens (including phenoxy) is 2. The van der Waals surface area contributed by atoms with Crippen molar-refractivity contribution in [2.75, 3.05) is 13.2 Å². The minimum absolute atomic E-state index is 0.0803. The van der Waals surface area contributed by atoms with E-state index in [4.69, 9.17) is 9.47 Å². The number of hydrogen-bond donors (Lipinski definition) is 2. The first-order valence-electron chi connectivity index (χ1n) is 5.90. The van der Waals surface area contributed by atoms with Gasteiger partial charge in [0.05, 0.1) is 19.3 Å². The van der Waals surface area contributed by atoms with Crippen molar-refractivity contribution < 1.29 is 14.6 Å². The molecule has 4 heteroatoms. The summed E-state index contributed by atoms with van der Waals surface area (Å²) in [6, 6.07) is 9.36. The maximum Gasteiger partial charge on any atom is 0.181 e. The molecule has 1 aromatic carbocycles. The van der Waals surface area contributed by atoms with E-state index in [2.05, 4.69) is 12.6 Å². The number of aliphatic hydroxyl groups is 1. The predicted molar refractivity (Wildman–Crippen MR) is 69.1 cm³/mol. The molecule has 0 aromatic heterocycles. The molecule has 3 nitrogen and oxygen atoms in total. The van der Waals surface area contributed by atoms with Crippen LogP contribution in [-0.2, 0) is 9.47 Å². The second-order valence-electron chi connectivity index (χ2n) is 4.28. The molecule has 0 amide bonds. The zero-order valence-electron chi connectivity index (χ0n) is 9.66. The van der Waals surface area contributed by atoms with Gasteiger partial charge in [0.2, 0.25) is 0 Å². The van der Waals surface area contributed by atoms with Gasteiger partial charge in [0, 0.05) is 10.8 Å². The monoisotopic (exact) mass is 254 g/mol. The van der Waals surface area contributed by atoms with Crippen LogP contribution in [0.15, 0.2) is 30.3 Å². The normalized spacial score (nSPS) is 26.7. The third-order valence-electron chi connectivity index (χ3n) is 2.87. The Morgan fingerprint density at radius 3 is 2.76 bits per heavy atom. The van der Waals surface area contributed by atoms with Crippen LogP contribution in [0.25, 0.3) is 0 Å². The second-order valence-corrected chi connectivity index (χ2v) is 5.01. The smallest absolute Gasteiger partial charge is 0.181 e. The largest absolute Gasteiger partial charge is 0.375 e. The average Bonchev–Trinajstić information content (AvgIpc) is 2.39. The van der Waals surface area contributed by atoms with E-state index in [0.717, 1.165) is 18.4 Å². The number of thiol groups is 1. The van der Waals surface area contributed by atoms with Gasteiger partial charge in [0.15, 0.2) is 6.29 Å². The van der Waals surface area contributed by atoms with Crippen LogP contribution in [0.5, 0.6) is 0 Å². The molecular formula is C13H18O3S. The lowest BCUT2D eigenvalue weighted by Crippen LogP contribution is -2.30. The van der Waals surface area contributed by atoms with Gasteiger partial charge in [-0.05, 0) is 12.8 Å². The maximum absolute atomic E-state index is 9.81. The molecule has 1 aromatic rings. The van der Waals surface area contributed by atoms with Gasteiger partial charge < -0.3 is 14.6 Å². The summed E-state index contributed by atoms with van der Waals surface area (Å²) in [6.45, 7) is 1.09. The van der Waals surface area contributed by atoms with Gasteiger partial charge in [-0.1, -0.05) is 30.3 Å². The van der Waals surface area contributed by atoms with Crippen LogP contribution in [0.1, 0.15) is 24.7 Å². The Morgan fingerprint density at radius 2 is 2.12 bits per heavy atom. The topological polar surface area (TPSA) is 38.7 Å². The van der Waals surface area contributed by atoms with E-state index in [1.165, 1.54) is 0 Å². The van der Waals surface area contributed by atoms with Gasteiger partial charge in [0.1, 0.15) is 0 Å². The SMILES string of the molecule is OC(OCC1CCC(S)CO1)c1ccccc1. The van der Waals surface area contributed by atoms with E-state index in [1.54, 1.807) is 0 Å². The van der Waals surface area contributed by atoms with E-state index in [0.29, 0.717) is 18.5 Å². The van der Waals surface area contributed by atoms with E-state index < -0.39 is 6.29 Å². The number of aliphatic hydroxyl groups excluding tert-OH is 1. The van der Waals surface area contributed by atoms with E-state index >= 15 is 0 Å². The van der Waals surface area contributed by atoms with Crippen molar-refractivity contribution in [1.29, 1.82) is 0 Å². The maximum atomic E-state index is 9.81. The van der Waals surface area contributed by atoms with Crippen molar-refractivity contribution in [3.8, 4) is 0 Å². The van der Waals surface area contributed by atoms with Gasteiger partial charge in [-0.25, -0.2) is 0 Å². The molecular weight excluding hydrogens is 236 g/mol. The number of benzene rings is 1. The zero-order valence-corrected chi connectivity index (χ0v) is 10.6. The molecule has 1 fully saturated rings. The van der Waals surface area contributed by atoms with Gasteiger partial charge in [-0.15, -0.1) is 0 Å². The lowest BCUT2D eigenvalue weighted by Gasteiger charge is -2.27. The molecule has 0 saturated carbocycles. The highest BCUT2D eigenvalue weighted by atomic mass is 32.1. The van der Waals surface area contributed by atoms with Crippen molar-refractivity contribution in [2.45, 2.75) is 30.5 Å². The molecule has 3 atom stereocenters. The fraction of sp³-hybridized carbons (Fsp3) is 0.538. The first-order chi connectivity index (χ1) is 8.25. The molecule has 2 rings (SSSR count). The van der Waals surface area contributed by atoms with E-state index in [9.17, 15) is 5.11 Å². The third kappa shape index (κ3) is 4.00. The van der Waals surface area contributed by atoms with Crippen molar-refractivity contribution in [2.24, 2.45) is 0 Å². The molecule has 1 N–H and O–H groups in total. The molecule has 1 aliphatic heterocycles. The van der Waals surface area contributed by atoms with Gasteiger partial charge in [0.25, 0.3) is 0 Å². The Labute approximate surface area is 107 Å². The highest BCUT2D eigenvalue weighted by Gasteiger charge is 2.20. The van der Waals surface area contributed by atoms with Crippen LogP contribution in [0.4, 0.5) is 0 Å². The minimum atomic E-state index is -0.867. The Bertz CT molecular complexity index is 323. The summed E-state index contributed by atoms with van der Waals surface area (Å²) >= 11 is 4.35. The molecule has 0 bridgehead atoms. The summed E-state index contributed by atoms with van der Waals surface area (Å²) < 4.78 is 11.0. The van der Waals surface area contributed by atoms with Crippen LogP contribution in [-0.4, -0.2) is 29.7 Å². The van der Waals surface area contributed by atoms with Gasteiger partial charge in [-0.2, -0.15) is 12.6 Å². The Kier molecular flexibility index (Phi) is 4.86. The summed E-state index contributed by atoms with van der Waals surface area (Å²) in [5.41, 5.74) is 0.774. The average molecular weight is 254 g/mol. The number of hydrogen-bond acceptors (Lipinski definition) is 4. The molecule has 3 unspecified atom stereocenters. The van der Waals surface area contributed by atoms with Crippen LogP contribution in [0, 0.1) is 0 Å². The van der Waals surface area contributed by atoms with Crippen LogP contribution in [0.3, 0.4) is 0 Å². The Balaban J connectivity index is 1.75. The first kappa shape index (κ1) is 12.9. The lowest BCUT2D eigenvalue weighted by atomic mass is 10.1. The summed E-state index contributed by atoms with van der Waals surface area (Å²) in [5.74, 6) is 0. The number of rotatable bonds is 4. The van der Waals surface area contributed by atoms with Crippen LogP contribution >= 0.6 is 12.6 Å². The Hall–Kier alpha value is -0.550. The fourth-order valence-corrected chi connectivity index (χ4v) is 2.07. The van der Waals surface area contributed by atoms with Gasteiger partial charge in [-0.3, -0.25) is 0 Å². The highest BCUT2D eigenvalue weighted by molar-refractivity contribution is 7.81. The highest BCUT2D eigenvalue weighted by Crippen LogP contribution is 2.20. The standard InChI is InChI=1S/C13H18O3S/c14-13(10-4-2-1-3-5-10)16-8-11-6-7-12(17)9-15-11/h1-5,11-14,17H,6-9H2.